The number of amides is 1. The number of halogens is 3. The van der Waals surface area contributed by atoms with Crippen LogP contribution in [0.4, 0.5) is 0 Å². The summed E-state index contributed by atoms with van der Waals surface area (Å²) < 4.78 is 3.53. The Morgan fingerprint density at radius 3 is 2.26 bits per heavy atom. The normalized spacial score (nSPS) is 21.3. The lowest BCUT2D eigenvalue weighted by molar-refractivity contribution is -0.139. The fraction of sp³-hybridized carbons (Fsp3) is 0.737. The third-order valence-electron chi connectivity index (χ3n) is 4.72. The fourth-order valence-corrected chi connectivity index (χ4v) is 2.91. The maximum Gasteiger partial charge on any atom is 0.334 e. The minimum Gasteiger partial charge on any atom is -0.458 e. The van der Waals surface area contributed by atoms with Gasteiger partial charge >= 0.3 is 5.97 Å². The number of hydrogen-bond donors (Lipinski definition) is 1. The van der Waals surface area contributed by atoms with E-state index < -0.39 is 15.3 Å². The first kappa shape index (κ1) is 24.3. The third-order valence-corrected chi connectivity index (χ3v) is 5.04. The maximum absolute atomic E-state index is 12.7. The van der Waals surface area contributed by atoms with E-state index in [1.165, 1.54) is 0 Å². The molecule has 1 unspecified atom stereocenters. The monoisotopic (exact) mass is 438 g/mol. The number of unbranched alkanes of at least 4 members (excludes halogenated alkanes) is 1. The highest BCUT2D eigenvalue weighted by atomic mass is 35.6. The molecule has 1 aliphatic heterocycles. The van der Waals surface area contributed by atoms with Gasteiger partial charge in [-0.05, 0) is 31.6 Å². The Morgan fingerprint density at radius 2 is 1.85 bits per heavy atom. The predicted molar refractivity (Wildman–Crippen MR) is 111 cm³/mol. The van der Waals surface area contributed by atoms with Crippen LogP contribution in [0.2, 0.25) is 0 Å². The molecule has 8 heteroatoms. The van der Waals surface area contributed by atoms with E-state index in [0.29, 0.717) is 23.4 Å². The zero-order valence-electron chi connectivity index (χ0n) is 16.8. The molecule has 1 heterocycles. The summed E-state index contributed by atoms with van der Waals surface area (Å²) in [5, 5.41) is 2.86. The van der Waals surface area contributed by atoms with Crippen molar-refractivity contribution < 1.29 is 14.3 Å². The van der Waals surface area contributed by atoms with Crippen molar-refractivity contribution in [1.29, 1.82) is 0 Å². The van der Waals surface area contributed by atoms with E-state index in [1.54, 1.807) is 6.92 Å². The lowest BCUT2D eigenvalue weighted by Gasteiger charge is -2.21. The van der Waals surface area contributed by atoms with Gasteiger partial charge in [0, 0.05) is 11.1 Å². The molecule has 1 N–H and O–H groups in total. The second-order valence-electron chi connectivity index (χ2n) is 7.56. The SMILES string of the molecule is CCCC/C(C1=NC(C)(C(C)C)C(=O)N1)=C(\C(=O)OCC(Cl)(Cl)Cl)C(C)C. The van der Waals surface area contributed by atoms with E-state index in [9.17, 15) is 9.59 Å². The van der Waals surface area contributed by atoms with Crippen LogP contribution in [0.1, 0.15) is 60.8 Å². The molecule has 1 amide bonds. The average molecular weight is 440 g/mol. The highest BCUT2D eigenvalue weighted by Gasteiger charge is 2.43. The highest BCUT2D eigenvalue weighted by Crippen LogP contribution is 2.31. The van der Waals surface area contributed by atoms with Gasteiger partial charge in [-0.25, -0.2) is 4.79 Å². The molecule has 0 radical (unpaired) electrons. The van der Waals surface area contributed by atoms with Gasteiger partial charge in [-0.3, -0.25) is 9.79 Å². The quantitative estimate of drug-likeness (QED) is 0.329. The molecule has 154 valence electrons. The van der Waals surface area contributed by atoms with Crippen LogP contribution in [0.3, 0.4) is 0 Å². The third kappa shape index (κ3) is 6.37. The molecule has 0 spiro atoms. The Kier molecular flexibility index (Phi) is 8.64. The summed E-state index contributed by atoms with van der Waals surface area (Å²) in [7, 11) is 0. The maximum atomic E-state index is 12.7. The number of rotatable bonds is 8. The number of nitrogens with one attached hydrogen (secondary N) is 1. The summed E-state index contributed by atoms with van der Waals surface area (Å²) in [5.74, 6) is -0.414. The number of ether oxygens (including phenoxy) is 1. The van der Waals surface area contributed by atoms with Crippen molar-refractivity contribution in [2.24, 2.45) is 16.8 Å². The minimum absolute atomic E-state index is 0.0150. The van der Waals surface area contributed by atoms with Gasteiger partial charge in [-0.15, -0.1) is 0 Å². The van der Waals surface area contributed by atoms with Gasteiger partial charge in [0.05, 0.1) is 0 Å². The van der Waals surface area contributed by atoms with Crippen LogP contribution in [0.25, 0.3) is 0 Å². The number of esters is 1. The molecule has 0 saturated heterocycles. The minimum atomic E-state index is -1.68. The molecular weight excluding hydrogens is 411 g/mol. The first-order valence-electron chi connectivity index (χ1n) is 9.22. The highest BCUT2D eigenvalue weighted by molar-refractivity contribution is 6.67. The molecule has 1 rings (SSSR count). The van der Waals surface area contributed by atoms with Crippen molar-refractivity contribution in [2.75, 3.05) is 6.61 Å². The molecule has 0 aromatic rings. The van der Waals surface area contributed by atoms with Crippen molar-refractivity contribution in [3.05, 3.63) is 11.1 Å². The van der Waals surface area contributed by atoms with Gasteiger partial charge in [-0.2, -0.15) is 0 Å². The number of carbonyl (C=O) groups is 2. The summed E-state index contributed by atoms with van der Waals surface area (Å²) in [5.41, 5.74) is 0.278. The van der Waals surface area contributed by atoms with Gasteiger partial charge in [0.1, 0.15) is 18.0 Å². The van der Waals surface area contributed by atoms with Crippen LogP contribution >= 0.6 is 34.8 Å². The molecule has 0 fully saturated rings. The topological polar surface area (TPSA) is 67.8 Å². The Bertz CT molecular complexity index is 637. The molecule has 0 aromatic heterocycles. The fourth-order valence-electron chi connectivity index (χ4n) is 2.75. The van der Waals surface area contributed by atoms with Gasteiger partial charge in [0.2, 0.25) is 3.79 Å². The molecule has 1 atom stereocenters. The summed E-state index contributed by atoms with van der Waals surface area (Å²) in [6.45, 7) is 11.2. The van der Waals surface area contributed by atoms with Crippen molar-refractivity contribution in [3.63, 3.8) is 0 Å². The number of nitrogens with zero attached hydrogens (tertiary/aromatic N) is 1. The van der Waals surface area contributed by atoms with E-state index in [-0.39, 0.29) is 24.3 Å². The lowest BCUT2D eigenvalue weighted by Crippen LogP contribution is -2.41. The molecule has 1 aliphatic rings. The number of amidine groups is 1. The van der Waals surface area contributed by atoms with Crippen LogP contribution in [-0.2, 0) is 14.3 Å². The predicted octanol–water partition coefficient (Wildman–Crippen LogP) is 4.99. The van der Waals surface area contributed by atoms with Crippen LogP contribution in [0.15, 0.2) is 16.1 Å². The number of alkyl halides is 3. The van der Waals surface area contributed by atoms with Crippen LogP contribution in [0.5, 0.6) is 0 Å². The zero-order valence-corrected chi connectivity index (χ0v) is 19.1. The first-order valence-corrected chi connectivity index (χ1v) is 10.4. The summed E-state index contributed by atoms with van der Waals surface area (Å²) in [6.07, 6.45) is 2.37. The molecule has 0 aromatic carbocycles. The number of hydrogen-bond acceptors (Lipinski definition) is 4. The lowest BCUT2D eigenvalue weighted by atomic mass is 9.89. The Hall–Kier alpha value is -0.780. The van der Waals surface area contributed by atoms with Crippen molar-refractivity contribution in [1.82, 2.24) is 5.32 Å². The second kappa shape index (κ2) is 9.62. The van der Waals surface area contributed by atoms with Gasteiger partial charge in [0.25, 0.3) is 5.91 Å². The van der Waals surface area contributed by atoms with Gasteiger partial charge in [0.15, 0.2) is 0 Å². The zero-order chi connectivity index (χ0) is 21.0. The van der Waals surface area contributed by atoms with Crippen molar-refractivity contribution >= 4 is 52.5 Å². The summed E-state index contributed by atoms with van der Waals surface area (Å²) in [4.78, 5) is 29.9. The second-order valence-corrected chi connectivity index (χ2v) is 10.1. The van der Waals surface area contributed by atoms with E-state index in [1.807, 2.05) is 27.7 Å². The Balaban J connectivity index is 3.38. The first-order chi connectivity index (χ1) is 12.3. The van der Waals surface area contributed by atoms with Gasteiger partial charge < -0.3 is 10.1 Å². The molecule has 0 saturated carbocycles. The Morgan fingerprint density at radius 1 is 1.26 bits per heavy atom. The smallest absolute Gasteiger partial charge is 0.334 e. The number of carbonyl (C=O) groups excluding carboxylic acids is 2. The van der Waals surface area contributed by atoms with Crippen LogP contribution in [-0.4, -0.2) is 33.7 Å². The molecule has 0 bridgehead atoms. The standard InChI is InChI=1S/C19H29Cl3N2O3/c1-7-8-9-13(15-23-17(26)18(6,24-15)12(4)5)14(11(2)3)16(25)27-10-19(20,21)22/h11-12H,7-10H2,1-6H3,(H,23,24,26)/b14-13+. The summed E-state index contributed by atoms with van der Waals surface area (Å²) >= 11 is 17.1. The largest absolute Gasteiger partial charge is 0.458 e. The summed E-state index contributed by atoms with van der Waals surface area (Å²) in [6, 6.07) is 0. The van der Waals surface area contributed by atoms with Crippen molar-refractivity contribution in [2.45, 2.75) is 70.1 Å². The van der Waals surface area contributed by atoms with E-state index >= 15 is 0 Å². The van der Waals surface area contributed by atoms with Crippen LogP contribution in [0, 0.1) is 11.8 Å². The van der Waals surface area contributed by atoms with E-state index in [2.05, 4.69) is 17.2 Å². The molecular formula is C19H29Cl3N2O3. The van der Waals surface area contributed by atoms with E-state index in [0.717, 1.165) is 12.8 Å². The average Bonchev–Trinajstić information content (AvgIpc) is 2.84. The van der Waals surface area contributed by atoms with E-state index in [4.69, 9.17) is 39.5 Å². The van der Waals surface area contributed by atoms with Gasteiger partial charge in [-0.1, -0.05) is 75.8 Å². The molecule has 5 nitrogen and oxygen atoms in total. The molecule has 27 heavy (non-hydrogen) atoms. The Labute approximate surface area is 176 Å². The number of aliphatic imine (C=N–C) groups is 1. The molecule has 0 aliphatic carbocycles. The van der Waals surface area contributed by atoms with Crippen LogP contribution < -0.4 is 5.32 Å². The van der Waals surface area contributed by atoms with Crippen molar-refractivity contribution in [3.8, 4) is 0 Å².